The highest BCUT2D eigenvalue weighted by molar-refractivity contribution is 5.96. The van der Waals surface area contributed by atoms with Crippen LogP contribution < -0.4 is 10.1 Å². The lowest BCUT2D eigenvalue weighted by Gasteiger charge is -2.40. The van der Waals surface area contributed by atoms with Gasteiger partial charge in [0.1, 0.15) is 12.3 Å². The van der Waals surface area contributed by atoms with E-state index >= 15 is 0 Å². The van der Waals surface area contributed by atoms with E-state index in [1.807, 2.05) is 20.8 Å². The molecule has 2 amide bonds. The second kappa shape index (κ2) is 10.1. The molecule has 1 aliphatic heterocycles. The number of hydrogen-bond donors (Lipinski definition) is 1. The Morgan fingerprint density at radius 3 is 2.32 bits per heavy atom. The van der Waals surface area contributed by atoms with Gasteiger partial charge in [0.25, 0.3) is 11.8 Å². The zero-order valence-electron chi connectivity index (χ0n) is 17.1. The summed E-state index contributed by atoms with van der Waals surface area (Å²) < 4.78 is 10.6. The van der Waals surface area contributed by atoms with Crippen LogP contribution in [0, 0.1) is 0 Å². The van der Waals surface area contributed by atoms with Gasteiger partial charge in [0.2, 0.25) is 0 Å². The molecular formula is C21H30N2O5. The highest BCUT2D eigenvalue weighted by Gasteiger charge is 2.33. The molecule has 7 heteroatoms. The number of ether oxygens (including phenoxy) is 2. The fraction of sp³-hybridized carbons (Fsp3) is 0.571. The van der Waals surface area contributed by atoms with Gasteiger partial charge < -0.3 is 19.7 Å². The predicted octanol–water partition coefficient (Wildman–Crippen LogP) is 2.54. The minimum Gasteiger partial charge on any atom is -0.494 e. The van der Waals surface area contributed by atoms with E-state index in [-0.39, 0.29) is 24.5 Å². The number of piperidine rings is 1. The normalized spacial score (nSPS) is 20.2. The molecule has 7 nitrogen and oxygen atoms in total. The van der Waals surface area contributed by atoms with Crippen LogP contribution in [-0.2, 0) is 14.3 Å². The summed E-state index contributed by atoms with van der Waals surface area (Å²) in [6.45, 7) is 7.73. The highest BCUT2D eigenvalue weighted by Crippen LogP contribution is 2.23. The number of amides is 2. The first-order valence-electron chi connectivity index (χ1n) is 9.86. The van der Waals surface area contributed by atoms with E-state index in [1.54, 1.807) is 36.1 Å². The van der Waals surface area contributed by atoms with Gasteiger partial charge in [-0.3, -0.25) is 14.4 Å². The second-order valence-electron chi connectivity index (χ2n) is 7.15. The topological polar surface area (TPSA) is 84.9 Å². The fourth-order valence-corrected chi connectivity index (χ4v) is 3.48. The average molecular weight is 390 g/mol. The van der Waals surface area contributed by atoms with Crippen LogP contribution in [0.1, 0.15) is 57.3 Å². The van der Waals surface area contributed by atoms with Crippen molar-refractivity contribution in [2.75, 3.05) is 13.2 Å². The summed E-state index contributed by atoms with van der Waals surface area (Å²) in [5.74, 6) is -0.549. The predicted molar refractivity (Wildman–Crippen MR) is 105 cm³/mol. The quantitative estimate of drug-likeness (QED) is 0.723. The zero-order chi connectivity index (χ0) is 20.7. The van der Waals surface area contributed by atoms with Gasteiger partial charge in [-0.1, -0.05) is 0 Å². The first-order valence-corrected chi connectivity index (χ1v) is 9.86. The number of benzene rings is 1. The molecule has 3 atom stereocenters. The van der Waals surface area contributed by atoms with E-state index in [9.17, 15) is 14.4 Å². The lowest BCUT2D eigenvalue weighted by atomic mass is 9.97. The molecule has 1 saturated heterocycles. The number of hydrogen-bond acceptors (Lipinski definition) is 5. The Balaban J connectivity index is 1.82. The number of carbonyl (C=O) groups is 3. The van der Waals surface area contributed by atoms with Crippen LogP contribution in [0.2, 0.25) is 0 Å². The first-order chi connectivity index (χ1) is 13.3. The van der Waals surface area contributed by atoms with Gasteiger partial charge in [-0.2, -0.15) is 0 Å². The van der Waals surface area contributed by atoms with Gasteiger partial charge in [0.05, 0.1) is 6.61 Å². The summed E-state index contributed by atoms with van der Waals surface area (Å²) in [4.78, 5) is 38.6. The van der Waals surface area contributed by atoms with Crippen molar-refractivity contribution in [1.82, 2.24) is 10.2 Å². The van der Waals surface area contributed by atoms with Crippen molar-refractivity contribution in [3.63, 3.8) is 0 Å². The summed E-state index contributed by atoms with van der Waals surface area (Å²) in [6.07, 6.45) is 2.12. The lowest BCUT2D eigenvalue weighted by molar-refractivity contribution is -0.161. The van der Waals surface area contributed by atoms with Gasteiger partial charge in [0.15, 0.2) is 6.10 Å². The Hall–Kier alpha value is -2.57. The van der Waals surface area contributed by atoms with Crippen molar-refractivity contribution in [3.05, 3.63) is 29.8 Å². The summed E-state index contributed by atoms with van der Waals surface area (Å²) >= 11 is 0. The molecule has 0 aliphatic carbocycles. The Morgan fingerprint density at radius 1 is 1.14 bits per heavy atom. The van der Waals surface area contributed by atoms with Crippen molar-refractivity contribution in [2.45, 2.75) is 65.1 Å². The molecule has 0 saturated carbocycles. The maximum atomic E-state index is 12.6. The Labute approximate surface area is 166 Å². The van der Waals surface area contributed by atoms with Crippen molar-refractivity contribution >= 4 is 17.8 Å². The van der Waals surface area contributed by atoms with Crippen molar-refractivity contribution in [1.29, 1.82) is 0 Å². The van der Waals surface area contributed by atoms with Gasteiger partial charge in [-0.15, -0.1) is 0 Å². The molecule has 154 valence electrons. The summed E-state index contributed by atoms with van der Waals surface area (Å²) in [5.41, 5.74) is 0.413. The maximum Gasteiger partial charge on any atom is 0.326 e. The van der Waals surface area contributed by atoms with Crippen LogP contribution >= 0.6 is 0 Å². The molecule has 2 rings (SSSR count). The van der Waals surface area contributed by atoms with Crippen molar-refractivity contribution in [3.8, 4) is 5.75 Å². The standard InChI is InChI=1S/C21H30N2O5/c1-5-27-18-11-9-17(10-12-18)20(25)22-13-19(24)28-16(4)21(26)23-14(2)7-6-8-15(23)3/h9-12,14-16H,5-8,13H2,1-4H3,(H,22,25)/t14-,15+,16-/m0/s1. The number of likely N-dealkylation sites (tertiary alicyclic amines) is 1. The minimum atomic E-state index is -0.877. The largest absolute Gasteiger partial charge is 0.494 e. The van der Waals surface area contributed by atoms with E-state index in [0.717, 1.165) is 19.3 Å². The third-order valence-corrected chi connectivity index (χ3v) is 4.92. The molecule has 1 heterocycles. The van der Waals surface area contributed by atoms with Gasteiger partial charge in [-0.25, -0.2) is 0 Å². The molecule has 1 fully saturated rings. The molecule has 1 aliphatic rings. The van der Waals surface area contributed by atoms with E-state index in [1.165, 1.54) is 0 Å². The Bertz CT molecular complexity index is 679. The maximum absolute atomic E-state index is 12.6. The van der Waals surface area contributed by atoms with Crippen LogP contribution in [0.4, 0.5) is 0 Å². The third-order valence-electron chi connectivity index (χ3n) is 4.92. The summed E-state index contributed by atoms with van der Waals surface area (Å²) in [5, 5.41) is 2.51. The molecular weight excluding hydrogens is 360 g/mol. The summed E-state index contributed by atoms with van der Waals surface area (Å²) in [6, 6.07) is 6.90. The minimum absolute atomic E-state index is 0.136. The molecule has 0 bridgehead atoms. The van der Waals surface area contributed by atoms with E-state index in [0.29, 0.717) is 17.9 Å². The number of rotatable bonds is 7. The Morgan fingerprint density at radius 2 is 1.75 bits per heavy atom. The molecule has 28 heavy (non-hydrogen) atoms. The lowest BCUT2D eigenvalue weighted by Crippen LogP contribution is -2.51. The number of nitrogens with one attached hydrogen (secondary N) is 1. The number of carbonyl (C=O) groups excluding carboxylic acids is 3. The fourth-order valence-electron chi connectivity index (χ4n) is 3.48. The number of esters is 1. The van der Waals surface area contributed by atoms with Crippen molar-refractivity contribution < 1.29 is 23.9 Å². The molecule has 0 radical (unpaired) electrons. The van der Waals surface area contributed by atoms with Gasteiger partial charge in [-0.05, 0) is 71.2 Å². The first kappa shape index (κ1) is 21.7. The van der Waals surface area contributed by atoms with Gasteiger partial charge in [0, 0.05) is 17.6 Å². The van der Waals surface area contributed by atoms with Crippen LogP contribution in [-0.4, -0.2) is 54.0 Å². The number of nitrogens with zero attached hydrogens (tertiary/aromatic N) is 1. The molecule has 1 N–H and O–H groups in total. The van der Waals surface area contributed by atoms with Crippen LogP contribution in [0.25, 0.3) is 0 Å². The zero-order valence-corrected chi connectivity index (χ0v) is 17.1. The average Bonchev–Trinajstić information content (AvgIpc) is 2.66. The molecule has 1 aromatic rings. The van der Waals surface area contributed by atoms with Crippen LogP contribution in [0.5, 0.6) is 5.75 Å². The molecule has 1 aromatic carbocycles. The molecule has 0 aromatic heterocycles. The van der Waals surface area contributed by atoms with E-state index in [2.05, 4.69) is 5.32 Å². The molecule has 0 unspecified atom stereocenters. The van der Waals surface area contributed by atoms with Crippen LogP contribution in [0.3, 0.4) is 0 Å². The SMILES string of the molecule is CCOc1ccc(C(=O)NCC(=O)O[C@@H](C)C(=O)N2[C@H](C)CCC[C@@H]2C)cc1. The van der Waals surface area contributed by atoms with Crippen LogP contribution in [0.15, 0.2) is 24.3 Å². The van der Waals surface area contributed by atoms with Crippen molar-refractivity contribution in [2.24, 2.45) is 0 Å². The van der Waals surface area contributed by atoms with E-state index in [4.69, 9.17) is 9.47 Å². The monoisotopic (exact) mass is 390 g/mol. The third kappa shape index (κ3) is 5.71. The Kier molecular flexibility index (Phi) is 7.84. The summed E-state index contributed by atoms with van der Waals surface area (Å²) in [7, 11) is 0. The smallest absolute Gasteiger partial charge is 0.326 e. The molecule has 0 spiro atoms. The second-order valence-corrected chi connectivity index (χ2v) is 7.15. The van der Waals surface area contributed by atoms with Gasteiger partial charge >= 0.3 is 5.97 Å². The van der Waals surface area contributed by atoms with E-state index < -0.39 is 18.0 Å². The highest BCUT2D eigenvalue weighted by atomic mass is 16.5.